The maximum atomic E-state index is 10.3. The van der Waals surface area contributed by atoms with Gasteiger partial charge in [0.05, 0.1) is 16.2 Å². The van der Waals surface area contributed by atoms with Crippen molar-refractivity contribution in [3.05, 3.63) is 0 Å². The molecule has 177 valence electrons. The second kappa shape index (κ2) is 18.6. The first-order valence-electron chi connectivity index (χ1n) is 8.22. The van der Waals surface area contributed by atoms with Gasteiger partial charge in [-0.1, -0.05) is 20.8 Å². The molecular formula is C18H36Ag3O6. The molecule has 0 atom stereocenters. The van der Waals surface area contributed by atoms with E-state index in [1.807, 2.05) is 20.8 Å². The maximum absolute atomic E-state index is 10.3. The third-order valence-corrected chi connectivity index (χ3v) is 4.39. The van der Waals surface area contributed by atoms with Gasteiger partial charge in [-0.25, -0.2) is 0 Å². The fourth-order valence-electron chi connectivity index (χ4n) is 0.454. The zero-order chi connectivity index (χ0) is 20.4. The molecule has 0 aliphatic carbocycles. The second-order valence-corrected chi connectivity index (χ2v) is 7.63. The van der Waals surface area contributed by atoms with Crippen LogP contribution < -0.4 is 0 Å². The molecular weight excluding hydrogens is 636 g/mol. The topological polar surface area (TPSA) is 112 Å². The number of rotatable bonds is 6. The van der Waals surface area contributed by atoms with Gasteiger partial charge in [0.15, 0.2) is 0 Å². The molecule has 0 aromatic carbocycles. The predicted molar refractivity (Wildman–Crippen MR) is 95.1 cm³/mol. The molecule has 0 amide bonds. The van der Waals surface area contributed by atoms with E-state index < -0.39 is 34.2 Å². The molecule has 9 heteroatoms. The minimum absolute atomic E-state index is 0. The normalized spacial score (nSPS) is 10.1. The van der Waals surface area contributed by atoms with Gasteiger partial charge in [0, 0.05) is 67.1 Å². The average molecular weight is 672 g/mol. The zero-order valence-electron chi connectivity index (χ0n) is 17.6. The van der Waals surface area contributed by atoms with Crippen molar-refractivity contribution in [1.29, 1.82) is 0 Å². The van der Waals surface area contributed by atoms with Crippen molar-refractivity contribution in [2.75, 3.05) is 0 Å². The molecule has 0 rings (SSSR count). The van der Waals surface area contributed by atoms with Gasteiger partial charge in [0.1, 0.15) is 0 Å². The van der Waals surface area contributed by atoms with Gasteiger partial charge in [-0.05, 0) is 60.8 Å². The number of carboxylic acids is 3. The fraction of sp³-hybridized carbons (Fsp3) is 0.833. The van der Waals surface area contributed by atoms with Crippen LogP contribution in [0.4, 0.5) is 0 Å². The molecule has 0 fully saturated rings. The third kappa shape index (κ3) is 21.2. The Hall–Kier alpha value is 0.631. The van der Waals surface area contributed by atoms with E-state index in [2.05, 4.69) is 0 Å². The molecule has 27 heavy (non-hydrogen) atoms. The van der Waals surface area contributed by atoms with Gasteiger partial charge in [-0.2, -0.15) is 0 Å². The van der Waals surface area contributed by atoms with Crippen LogP contribution >= 0.6 is 0 Å². The SMILES string of the molecule is CCC(C)(C)C(=O)O.CCC(C)(C)C(=O)O.CCC(C)(C)C(=O)O.[Ag].[Ag].[Ag]. The monoisotopic (exact) mass is 669 g/mol. The zero-order valence-corrected chi connectivity index (χ0v) is 22.0. The van der Waals surface area contributed by atoms with Crippen LogP contribution in [0.25, 0.3) is 0 Å². The Morgan fingerprint density at radius 2 is 0.630 bits per heavy atom. The van der Waals surface area contributed by atoms with Crippen LogP contribution in [0.1, 0.15) is 81.6 Å². The van der Waals surface area contributed by atoms with Gasteiger partial charge in [-0.15, -0.1) is 0 Å². The largest absolute Gasteiger partial charge is 0.481 e. The molecule has 0 unspecified atom stereocenters. The van der Waals surface area contributed by atoms with Crippen LogP contribution in [-0.4, -0.2) is 33.2 Å². The van der Waals surface area contributed by atoms with Crippen molar-refractivity contribution < 1.29 is 96.8 Å². The summed E-state index contributed by atoms with van der Waals surface area (Å²) in [6.07, 6.45) is 2.05. The summed E-state index contributed by atoms with van der Waals surface area (Å²) in [5, 5.41) is 25.3. The van der Waals surface area contributed by atoms with E-state index in [9.17, 15) is 14.4 Å². The molecule has 0 aliphatic rings. The van der Waals surface area contributed by atoms with Crippen molar-refractivity contribution in [2.45, 2.75) is 81.6 Å². The number of hydrogen-bond acceptors (Lipinski definition) is 3. The van der Waals surface area contributed by atoms with E-state index in [0.29, 0.717) is 19.3 Å². The summed E-state index contributed by atoms with van der Waals surface area (Å²) in [6.45, 7) is 15.9. The van der Waals surface area contributed by atoms with Crippen LogP contribution in [0.5, 0.6) is 0 Å². The van der Waals surface area contributed by atoms with Gasteiger partial charge < -0.3 is 15.3 Å². The molecule has 0 aromatic rings. The molecule has 0 aliphatic heterocycles. The Labute approximate surface area is 211 Å². The first kappa shape index (κ1) is 41.9. The smallest absolute Gasteiger partial charge is 0.309 e. The summed E-state index contributed by atoms with van der Waals surface area (Å²) >= 11 is 0. The summed E-state index contributed by atoms with van der Waals surface area (Å²) in [5.41, 5.74) is -1.62. The van der Waals surface area contributed by atoms with E-state index in [4.69, 9.17) is 15.3 Å². The van der Waals surface area contributed by atoms with E-state index in [1.54, 1.807) is 41.5 Å². The Balaban J connectivity index is -0.0000000580. The Morgan fingerprint density at radius 1 is 0.519 bits per heavy atom. The minimum atomic E-state index is -0.722. The molecule has 3 N–H and O–H groups in total. The maximum Gasteiger partial charge on any atom is 0.309 e. The van der Waals surface area contributed by atoms with E-state index in [-0.39, 0.29) is 67.1 Å². The number of aliphatic carboxylic acids is 3. The van der Waals surface area contributed by atoms with Crippen molar-refractivity contribution in [3.63, 3.8) is 0 Å². The quantitative estimate of drug-likeness (QED) is 0.359. The van der Waals surface area contributed by atoms with Crippen LogP contribution in [0.15, 0.2) is 0 Å². The minimum Gasteiger partial charge on any atom is -0.481 e. The Bertz CT molecular complexity index is 360. The summed E-state index contributed by atoms with van der Waals surface area (Å²) in [7, 11) is 0. The number of hydrogen-bond donors (Lipinski definition) is 3. The first-order chi connectivity index (χ1) is 10.5. The van der Waals surface area contributed by atoms with Gasteiger partial charge in [0.2, 0.25) is 0 Å². The Kier molecular flexibility index (Phi) is 28.9. The molecule has 0 saturated heterocycles. The van der Waals surface area contributed by atoms with Crippen LogP contribution in [0.3, 0.4) is 0 Å². The average Bonchev–Trinajstić information content (AvgIpc) is 2.47. The molecule has 0 spiro atoms. The number of carboxylic acid groups (broad SMARTS) is 3. The van der Waals surface area contributed by atoms with Crippen molar-refractivity contribution in [1.82, 2.24) is 0 Å². The van der Waals surface area contributed by atoms with Gasteiger partial charge >= 0.3 is 17.9 Å². The van der Waals surface area contributed by atoms with Crippen molar-refractivity contribution in [3.8, 4) is 0 Å². The summed E-state index contributed by atoms with van der Waals surface area (Å²) in [6, 6.07) is 0. The van der Waals surface area contributed by atoms with Crippen molar-refractivity contribution >= 4 is 17.9 Å². The summed E-state index contributed by atoms with van der Waals surface area (Å²) < 4.78 is 0. The van der Waals surface area contributed by atoms with Crippen LogP contribution in [-0.2, 0) is 81.5 Å². The third-order valence-electron chi connectivity index (χ3n) is 4.39. The first-order valence-corrected chi connectivity index (χ1v) is 8.22. The fourth-order valence-corrected chi connectivity index (χ4v) is 0.454. The second-order valence-electron chi connectivity index (χ2n) is 7.63. The van der Waals surface area contributed by atoms with Gasteiger partial charge in [-0.3, -0.25) is 14.4 Å². The van der Waals surface area contributed by atoms with E-state index in [1.165, 1.54) is 0 Å². The van der Waals surface area contributed by atoms with Gasteiger partial charge in [0.25, 0.3) is 0 Å². The van der Waals surface area contributed by atoms with Crippen LogP contribution in [0, 0.1) is 16.2 Å². The Morgan fingerprint density at radius 3 is 0.630 bits per heavy atom. The summed E-state index contributed by atoms with van der Waals surface area (Å²) in [5.74, 6) is -2.17. The van der Waals surface area contributed by atoms with E-state index >= 15 is 0 Å². The molecule has 0 saturated carbocycles. The molecule has 0 aromatic heterocycles. The van der Waals surface area contributed by atoms with E-state index in [0.717, 1.165) is 0 Å². The molecule has 0 heterocycles. The summed E-state index contributed by atoms with van der Waals surface area (Å²) in [4.78, 5) is 30.8. The standard InChI is InChI=1S/3C6H12O2.3Ag/c3*1-4-6(2,3)5(7)8;;;/h3*4H2,1-3H3,(H,7,8);;;. The molecule has 0 bridgehead atoms. The predicted octanol–water partition coefficient (Wildman–Crippen LogP) is 4.51. The number of carbonyl (C=O) groups is 3. The van der Waals surface area contributed by atoms with Crippen molar-refractivity contribution in [2.24, 2.45) is 16.2 Å². The molecule has 3 radical (unpaired) electrons. The van der Waals surface area contributed by atoms with Crippen LogP contribution in [0.2, 0.25) is 0 Å². The molecule has 6 nitrogen and oxygen atoms in total.